The molecule has 2 saturated carbocycles. The normalized spacial score (nSPS) is 21.0. The molecule has 3 unspecified atom stereocenters. The molecule has 1 saturated heterocycles. The molecule has 3 fully saturated rings. The van der Waals surface area contributed by atoms with Crippen molar-refractivity contribution >= 4 is 64.4 Å². The van der Waals surface area contributed by atoms with Crippen LogP contribution in [0.2, 0.25) is 0 Å². The van der Waals surface area contributed by atoms with E-state index in [2.05, 4.69) is 42.6 Å². The summed E-state index contributed by atoms with van der Waals surface area (Å²) in [6.45, 7) is 3.31. The summed E-state index contributed by atoms with van der Waals surface area (Å²) in [5.41, 5.74) is -0.0660. The van der Waals surface area contributed by atoms with Gasteiger partial charge in [0.15, 0.2) is 5.91 Å². The minimum Gasteiger partial charge on any atom is -0.387 e. The summed E-state index contributed by atoms with van der Waals surface area (Å²) in [5.74, 6) is -4.60. The molecule has 5 N–H and O–H groups in total. The molecule has 5 heterocycles. The van der Waals surface area contributed by atoms with Gasteiger partial charge in [-0.25, -0.2) is 9.97 Å². The SMILES string of the molecule is CC(CC(C)C(=O)Nc1cc(Nc2c[c-]c3n(c2=O)C2(CCC4(CC4)CC2)NC3=O)ncn1)C(=O)Nc1ccc2c(c1)C(=O)N(C1CCC(=O)NC1=O)C2=O.[Ru+]. The first-order valence-corrected chi connectivity index (χ1v) is 18.3. The van der Waals surface area contributed by atoms with Crippen molar-refractivity contribution in [1.82, 2.24) is 30.1 Å². The maximum Gasteiger partial charge on any atom is 1.00 e. The number of carbonyl (C=O) groups is 7. The summed E-state index contributed by atoms with van der Waals surface area (Å²) in [6.07, 6.45) is 7.03. The number of nitrogens with one attached hydrogen (secondary N) is 5. The first-order chi connectivity index (χ1) is 26.3. The number of carbonyl (C=O) groups excluding carboxylic acids is 7. The number of anilines is 4. The second-order valence-electron chi connectivity index (χ2n) is 15.3. The summed E-state index contributed by atoms with van der Waals surface area (Å²) >= 11 is 0. The van der Waals surface area contributed by atoms with Crippen LogP contribution in [0.3, 0.4) is 0 Å². The van der Waals surface area contributed by atoms with Crippen LogP contribution in [-0.2, 0) is 44.3 Å². The smallest absolute Gasteiger partial charge is 0.387 e. The zero-order valence-corrected chi connectivity index (χ0v) is 32.2. The quantitative estimate of drug-likeness (QED) is 0.119. The minimum atomic E-state index is -1.11. The van der Waals surface area contributed by atoms with Crippen molar-refractivity contribution in [3.05, 3.63) is 69.9 Å². The van der Waals surface area contributed by atoms with Gasteiger partial charge in [0.1, 0.15) is 29.7 Å². The van der Waals surface area contributed by atoms with Crippen LogP contribution in [0.5, 0.6) is 0 Å². The van der Waals surface area contributed by atoms with Crippen LogP contribution >= 0.6 is 0 Å². The van der Waals surface area contributed by atoms with E-state index >= 15 is 0 Å². The maximum absolute atomic E-state index is 13.7. The van der Waals surface area contributed by atoms with Crippen LogP contribution in [0.1, 0.15) is 103 Å². The fraction of sp³-hybridized carbons (Fsp3) is 0.421. The topological polar surface area (TPSA) is 231 Å². The van der Waals surface area contributed by atoms with Crippen LogP contribution in [-0.4, -0.2) is 66.8 Å². The molecule has 1 radical (unpaired) electrons. The van der Waals surface area contributed by atoms with Gasteiger partial charge in [-0.2, -0.15) is 6.07 Å². The molecule has 3 aromatic rings. The van der Waals surface area contributed by atoms with Gasteiger partial charge >= 0.3 is 19.5 Å². The molecule has 0 bridgehead atoms. The van der Waals surface area contributed by atoms with E-state index in [9.17, 15) is 38.4 Å². The van der Waals surface area contributed by atoms with Crippen LogP contribution in [0.15, 0.2) is 41.5 Å². The number of rotatable bonds is 9. The summed E-state index contributed by atoms with van der Waals surface area (Å²) in [5, 5.41) is 13.7. The number of piperidine rings is 1. The van der Waals surface area contributed by atoms with Gasteiger partial charge in [0, 0.05) is 35.7 Å². The molecule has 18 heteroatoms. The number of benzene rings is 1. The number of aromatic nitrogens is 3. The van der Waals surface area contributed by atoms with Gasteiger partial charge in [0.05, 0.1) is 11.1 Å². The number of amides is 7. The van der Waals surface area contributed by atoms with E-state index in [1.54, 1.807) is 13.8 Å². The average molecular weight is 850 g/mol. The van der Waals surface area contributed by atoms with Gasteiger partial charge in [-0.1, -0.05) is 13.8 Å². The van der Waals surface area contributed by atoms with Gasteiger partial charge < -0.3 is 30.6 Å². The number of hydrogen-bond donors (Lipinski definition) is 5. The van der Waals surface area contributed by atoms with Gasteiger partial charge in [-0.3, -0.25) is 43.8 Å². The molecule has 3 aliphatic heterocycles. The molecule has 8 rings (SSSR count). The average Bonchev–Trinajstić information content (AvgIpc) is 3.80. The number of fused-ring (bicyclic) bond motifs is 3. The summed E-state index contributed by atoms with van der Waals surface area (Å²) in [6, 6.07) is 8.98. The molecule has 291 valence electrons. The van der Waals surface area contributed by atoms with E-state index < -0.39 is 59.0 Å². The van der Waals surface area contributed by atoms with Crippen LogP contribution in [0.25, 0.3) is 0 Å². The van der Waals surface area contributed by atoms with E-state index in [-0.39, 0.29) is 90.0 Å². The first kappa shape index (κ1) is 38.6. The van der Waals surface area contributed by atoms with E-state index in [4.69, 9.17) is 0 Å². The largest absolute Gasteiger partial charge is 1.00 e. The maximum atomic E-state index is 13.7. The summed E-state index contributed by atoms with van der Waals surface area (Å²) in [4.78, 5) is 112. The zero-order chi connectivity index (χ0) is 38.8. The molecular weight excluding hydrogens is 812 g/mol. The standard InChI is InChI=1S/C38H38N9O8.Ru/c1-19(30(49)41-21-3-4-22-23(16-21)35(54)46(34(22)53)25-7-8-29(48)44-32(25)51)15-20(2)31(50)43-28-17-27(39-18-40-28)42-24-5-6-26-33(52)45-38(47(26)36(24)55)13-11-37(9-10-37)12-14-38;/h3-5,16-20,25H,7-15H2,1-2H3,(H,41,49)(H,45,52)(H,44,48,51)(H2,39,40,42,43,50);/q-1;+1. The minimum absolute atomic E-state index is 0. The van der Waals surface area contributed by atoms with E-state index in [1.165, 1.54) is 54.1 Å². The van der Waals surface area contributed by atoms with E-state index in [0.29, 0.717) is 18.3 Å². The third-order valence-electron chi connectivity index (χ3n) is 11.6. The Kier molecular flexibility index (Phi) is 9.97. The van der Waals surface area contributed by atoms with Crippen molar-refractivity contribution in [2.75, 3.05) is 16.0 Å². The molecule has 1 aromatic carbocycles. The predicted molar refractivity (Wildman–Crippen MR) is 194 cm³/mol. The van der Waals surface area contributed by atoms with Crippen LogP contribution < -0.4 is 32.1 Å². The van der Waals surface area contributed by atoms with Crippen molar-refractivity contribution in [3.8, 4) is 0 Å². The number of nitrogens with zero attached hydrogens (tertiary/aromatic N) is 4. The first-order valence-electron chi connectivity index (χ1n) is 18.3. The van der Waals surface area contributed by atoms with Crippen LogP contribution in [0, 0.1) is 23.3 Å². The molecule has 17 nitrogen and oxygen atoms in total. The zero-order valence-electron chi connectivity index (χ0n) is 30.5. The fourth-order valence-corrected chi connectivity index (χ4v) is 8.14. The molecule has 2 spiro atoms. The van der Waals surface area contributed by atoms with Gasteiger partial charge in [0.25, 0.3) is 11.8 Å². The summed E-state index contributed by atoms with van der Waals surface area (Å²) < 4.78 is 1.53. The van der Waals surface area contributed by atoms with Gasteiger partial charge in [-0.15, -0.1) is 6.07 Å². The van der Waals surface area contributed by atoms with E-state index in [0.717, 1.165) is 17.7 Å². The van der Waals surface area contributed by atoms with Gasteiger partial charge in [-0.05, 0) is 80.7 Å². The second-order valence-corrected chi connectivity index (χ2v) is 15.3. The number of hydrogen-bond acceptors (Lipinski definition) is 11. The van der Waals surface area contributed by atoms with Crippen molar-refractivity contribution < 1.29 is 53.0 Å². The molecule has 5 aliphatic rings. The Labute approximate surface area is 332 Å². The van der Waals surface area contributed by atoms with Gasteiger partial charge in [0.2, 0.25) is 29.2 Å². The molecule has 7 amide bonds. The second kappa shape index (κ2) is 14.5. The van der Waals surface area contributed by atoms with E-state index in [1.807, 2.05) is 0 Å². The Bertz CT molecular complexity index is 2280. The van der Waals surface area contributed by atoms with Crippen molar-refractivity contribution in [2.45, 2.75) is 83.3 Å². The Hall–Kier alpha value is -5.64. The van der Waals surface area contributed by atoms with Crippen molar-refractivity contribution in [1.29, 1.82) is 0 Å². The third-order valence-corrected chi connectivity index (χ3v) is 11.6. The Morgan fingerprint density at radius 2 is 1.55 bits per heavy atom. The monoisotopic (exact) mass is 850 g/mol. The molecular formula is C38H38N9O8Ru. The predicted octanol–water partition coefficient (Wildman–Crippen LogP) is 2.57. The Morgan fingerprint density at radius 3 is 2.25 bits per heavy atom. The Balaban J connectivity index is 0.00000480. The fourth-order valence-electron chi connectivity index (χ4n) is 8.14. The number of imide groups is 2. The van der Waals surface area contributed by atoms with Crippen molar-refractivity contribution in [3.63, 3.8) is 0 Å². The van der Waals surface area contributed by atoms with Crippen molar-refractivity contribution in [2.24, 2.45) is 17.3 Å². The number of pyridine rings is 1. The molecule has 2 aromatic heterocycles. The molecule has 3 atom stereocenters. The molecule has 56 heavy (non-hydrogen) atoms. The third kappa shape index (κ3) is 6.90. The van der Waals surface area contributed by atoms with Crippen LogP contribution in [0.4, 0.5) is 23.0 Å². The molecule has 2 aliphatic carbocycles. The Morgan fingerprint density at radius 1 is 0.893 bits per heavy atom. The summed E-state index contributed by atoms with van der Waals surface area (Å²) in [7, 11) is 0.